The SMILES string of the molecule is CC1CCC([C@H](N)CC(=O)O)O1. The molecule has 4 heteroatoms. The zero-order valence-electron chi connectivity index (χ0n) is 7.19. The van der Waals surface area contributed by atoms with Gasteiger partial charge < -0.3 is 15.6 Å². The van der Waals surface area contributed by atoms with Crippen LogP contribution in [0.1, 0.15) is 26.2 Å². The normalized spacial score (nSPS) is 31.8. The molecule has 3 N–H and O–H groups in total. The van der Waals surface area contributed by atoms with Gasteiger partial charge in [-0.1, -0.05) is 0 Å². The van der Waals surface area contributed by atoms with Gasteiger partial charge in [-0.3, -0.25) is 4.79 Å². The van der Waals surface area contributed by atoms with Gasteiger partial charge in [0.2, 0.25) is 0 Å². The molecule has 0 amide bonds. The maximum absolute atomic E-state index is 10.3. The Morgan fingerprint density at radius 2 is 2.42 bits per heavy atom. The summed E-state index contributed by atoms with van der Waals surface area (Å²) in [6.45, 7) is 1.98. The average molecular weight is 173 g/mol. The van der Waals surface area contributed by atoms with Gasteiger partial charge in [0.05, 0.1) is 18.6 Å². The smallest absolute Gasteiger partial charge is 0.305 e. The van der Waals surface area contributed by atoms with Crippen LogP contribution in [0.4, 0.5) is 0 Å². The highest BCUT2D eigenvalue weighted by Gasteiger charge is 2.28. The van der Waals surface area contributed by atoms with Crippen molar-refractivity contribution >= 4 is 5.97 Å². The number of hydrogen-bond donors (Lipinski definition) is 2. The molecule has 1 aliphatic heterocycles. The zero-order valence-corrected chi connectivity index (χ0v) is 7.19. The molecule has 0 saturated carbocycles. The van der Waals surface area contributed by atoms with Crippen molar-refractivity contribution in [1.82, 2.24) is 0 Å². The van der Waals surface area contributed by atoms with Crippen LogP contribution in [0.15, 0.2) is 0 Å². The van der Waals surface area contributed by atoms with Gasteiger partial charge in [0.15, 0.2) is 0 Å². The molecule has 1 fully saturated rings. The first-order valence-corrected chi connectivity index (χ1v) is 4.22. The fourth-order valence-corrected chi connectivity index (χ4v) is 1.48. The number of carboxylic acids is 1. The predicted octanol–water partition coefficient (Wildman–Crippen LogP) is 0.356. The maximum Gasteiger partial charge on any atom is 0.305 e. The summed E-state index contributed by atoms with van der Waals surface area (Å²) >= 11 is 0. The van der Waals surface area contributed by atoms with Gasteiger partial charge in [-0.25, -0.2) is 0 Å². The van der Waals surface area contributed by atoms with Crippen molar-refractivity contribution in [3.8, 4) is 0 Å². The van der Waals surface area contributed by atoms with Crippen LogP contribution < -0.4 is 5.73 Å². The second kappa shape index (κ2) is 3.87. The number of carboxylic acid groups (broad SMARTS) is 1. The number of aliphatic carboxylic acids is 1. The van der Waals surface area contributed by atoms with Crippen LogP contribution >= 0.6 is 0 Å². The number of rotatable bonds is 3. The molecule has 0 aromatic heterocycles. The summed E-state index contributed by atoms with van der Waals surface area (Å²) in [5.74, 6) is -0.856. The Balaban J connectivity index is 2.32. The minimum Gasteiger partial charge on any atom is -0.481 e. The minimum absolute atomic E-state index is 0.00259. The minimum atomic E-state index is -0.856. The Kier molecular flexibility index (Phi) is 3.05. The summed E-state index contributed by atoms with van der Waals surface area (Å²) in [4.78, 5) is 10.3. The highest BCUT2D eigenvalue weighted by molar-refractivity contribution is 5.67. The van der Waals surface area contributed by atoms with Crippen molar-refractivity contribution in [2.75, 3.05) is 0 Å². The second-order valence-electron chi connectivity index (χ2n) is 3.32. The highest BCUT2D eigenvalue weighted by Crippen LogP contribution is 2.21. The lowest BCUT2D eigenvalue weighted by Crippen LogP contribution is -2.36. The molecular formula is C8H15NO3. The summed E-state index contributed by atoms with van der Waals surface area (Å²) in [7, 11) is 0. The standard InChI is InChI=1S/C8H15NO3/c1-5-2-3-7(12-5)6(9)4-8(10)11/h5-7H,2-4,9H2,1H3,(H,10,11)/t5?,6-,7?/m1/s1. The van der Waals surface area contributed by atoms with E-state index in [1.54, 1.807) is 0 Å². The van der Waals surface area contributed by atoms with E-state index < -0.39 is 5.97 Å². The van der Waals surface area contributed by atoms with Crippen molar-refractivity contribution < 1.29 is 14.6 Å². The van der Waals surface area contributed by atoms with Crippen LogP contribution in [0.5, 0.6) is 0 Å². The molecule has 1 heterocycles. The van der Waals surface area contributed by atoms with Gasteiger partial charge in [0, 0.05) is 6.04 Å². The van der Waals surface area contributed by atoms with Gasteiger partial charge >= 0.3 is 5.97 Å². The van der Waals surface area contributed by atoms with E-state index in [4.69, 9.17) is 15.6 Å². The van der Waals surface area contributed by atoms with Crippen molar-refractivity contribution in [2.24, 2.45) is 5.73 Å². The molecule has 2 unspecified atom stereocenters. The Morgan fingerprint density at radius 1 is 1.75 bits per heavy atom. The molecule has 4 nitrogen and oxygen atoms in total. The van der Waals surface area contributed by atoms with E-state index >= 15 is 0 Å². The summed E-state index contributed by atoms with van der Waals surface area (Å²) in [6, 6.07) is -0.354. The summed E-state index contributed by atoms with van der Waals surface area (Å²) < 4.78 is 5.44. The van der Waals surface area contributed by atoms with E-state index in [1.165, 1.54) is 0 Å². The van der Waals surface area contributed by atoms with E-state index in [9.17, 15) is 4.79 Å². The number of hydrogen-bond acceptors (Lipinski definition) is 3. The Labute approximate surface area is 71.7 Å². The number of ether oxygens (including phenoxy) is 1. The van der Waals surface area contributed by atoms with Crippen LogP contribution in [-0.2, 0) is 9.53 Å². The quantitative estimate of drug-likeness (QED) is 0.646. The Morgan fingerprint density at radius 3 is 2.83 bits per heavy atom. The monoisotopic (exact) mass is 173 g/mol. The molecular weight excluding hydrogens is 158 g/mol. The van der Waals surface area contributed by atoms with Crippen molar-refractivity contribution in [3.63, 3.8) is 0 Å². The lowest BCUT2D eigenvalue weighted by molar-refractivity contribution is -0.138. The van der Waals surface area contributed by atoms with Crippen LogP contribution in [-0.4, -0.2) is 29.3 Å². The second-order valence-corrected chi connectivity index (χ2v) is 3.32. The molecule has 0 aliphatic carbocycles. The van der Waals surface area contributed by atoms with Crippen LogP contribution in [0.25, 0.3) is 0 Å². The molecule has 0 bridgehead atoms. The molecule has 3 atom stereocenters. The van der Waals surface area contributed by atoms with Crippen LogP contribution in [0, 0.1) is 0 Å². The lowest BCUT2D eigenvalue weighted by Gasteiger charge is -2.17. The average Bonchev–Trinajstić information content (AvgIpc) is 2.34. The zero-order chi connectivity index (χ0) is 9.14. The molecule has 0 aromatic rings. The summed E-state index contributed by atoms with van der Waals surface area (Å²) in [5, 5.41) is 8.47. The fraction of sp³-hybridized carbons (Fsp3) is 0.875. The van der Waals surface area contributed by atoms with Crippen molar-refractivity contribution in [3.05, 3.63) is 0 Å². The van der Waals surface area contributed by atoms with Crippen molar-refractivity contribution in [1.29, 1.82) is 0 Å². The van der Waals surface area contributed by atoms with E-state index in [1.807, 2.05) is 6.92 Å². The van der Waals surface area contributed by atoms with E-state index in [-0.39, 0.29) is 24.7 Å². The lowest BCUT2D eigenvalue weighted by atomic mass is 10.1. The Bertz CT molecular complexity index is 172. The summed E-state index contributed by atoms with van der Waals surface area (Å²) in [5.41, 5.74) is 5.64. The topological polar surface area (TPSA) is 72.6 Å². The first-order chi connectivity index (χ1) is 5.59. The van der Waals surface area contributed by atoms with Gasteiger partial charge in [-0.2, -0.15) is 0 Å². The molecule has 12 heavy (non-hydrogen) atoms. The van der Waals surface area contributed by atoms with Crippen molar-refractivity contribution in [2.45, 2.75) is 44.4 Å². The molecule has 0 radical (unpaired) electrons. The van der Waals surface area contributed by atoms with E-state index in [2.05, 4.69) is 0 Å². The molecule has 1 aliphatic rings. The molecule has 0 aromatic carbocycles. The largest absolute Gasteiger partial charge is 0.481 e. The first kappa shape index (κ1) is 9.48. The molecule has 70 valence electrons. The molecule has 0 spiro atoms. The predicted molar refractivity (Wildman–Crippen MR) is 43.8 cm³/mol. The Hall–Kier alpha value is -0.610. The van der Waals surface area contributed by atoms with Crippen LogP contribution in [0.2, 0.25) is 0 Å². The number of nitrogens with two attached hydrogens (primary N) is 1. The summed E-state index contributed by atoms with van der Waals surface area (Å²) in [6.07, 6.45) is 2.04. The third-order valence-corrected chi connectivity index (χ3v) is 2.15. The van der Waals surface area contributed by atoms with Gasteiger partial charge in [-0.05, 0) is 19.8 Å². The molecule has 1 saturated heterocycles. The first-order valence-electron chi connectivity index (χ1n) is 4.22. The fourth-order valence-electron chi connectivity index (χ4n) is 1.48. The van der Waals surface area contributed by atoms with E-state index in [0.717, 1.165) is 12.8 Å². The van der Waals surface area contributed by atoms with E-state index in [0.29, 0.717) is 0 Å². The molecule has 1 rings (SSSR count). The third-order valence-electron chi connectivity index (χ3n) is 2.15. The maximum atomic E-state index is 10.3. The van der Waals surface area contributed by atoms with Gasteiger partial charge in [0.1, 0.15) is 0 Å². The third kappa shape index (κ3) is 2.46. The number of carbonyl (C=O) groups is 1. The van der Waals surface area contributed by atoms with Gasteiger partial charge in [0.25, 0.3) is 0 Å². The highest BCUT2D eigenvalue weighted by atomic mass is 16.5. The van der Waals surface area contributed by atoms with Crippen LogP contribution in [0.3, 0.4) is 0 Å². The van der Waals surface area contributed by atoms with Gasteiger partial charge in [-0.15, -0.1) is 0 Å².